The third-order valence-electron chi connectivity index (χ3n) is 5.81. The van der Waals surface area contributed by atoms with Crippen LogP contribution in [0, 0.1) is 6.92 Å². The second kappa shape index (κ2) is 9.92. The Morgan fingerprint density at radius 1 is 1.03 bits per heavy atom. The summed E-state index contributed by atoms with van der Waals surface area (Å²) >= 11 is 0. The summed E-state index contributed by atoms with van der Waals surface area (Å²) in [5, 5.41) is 11.6. The van der Waals surface area contributed by atoms with Crippen molar-refractivity contribution in [2.75, 3.05) is 11.5 Å². The number of carbonyl (C=O) groups is 2. The van der Waals surface area contributed by atoms with Gasteiger partial charge in [-0.25, -0.2) is 4.79 Å². The molecule has 0 aliphatic carbocycles. The number of esters is 1. The van der Waals surface area contributed by atoms with Gasteiger partial charge in [-0.3, -0.25) is 4.79 Å². The average molecular weight is 454 g/mol. The second-order valence-electron chi connectivity index (χ2n) is 8.31. The summed E-state index contributed by atoms with van der Waals surface area (Å²) in [6, 6.07) is 24.6. The maximum atomic E-state index is 13.5. The van der Waals surface area contributed by atoms with E-state index in [4.69, 9.17) is 4.74 Å². The van der Waals surface area contributed by atoms with Gasteiger partial charge in [0.2, 0.25) is 0 Å². The maximum absolute atomic E-state index is 13.5. The molecule has 1 unspecified atom stereocenters. The number of aryl methyl sites for hydroxylation is 1. The molecular weight excluding hydrogens is 426 g/mol. The molecule has 1 heterocycles. The molecule has 3 aromatic rings. The zero-order valence-electron chi connectivity index (χ0n) is 19.3. The Bertz CT molecular complexity index is 1260. The Morgan fingerprint density at radius 2 is 1.68 bits per heavy atom. The number of benzene rings is 3. The fraction of sp³-hybridized carbons (Fsp3) is 0.207. The molecule has 4 rings (SSSR count). The smallest absolute Gasteiger partial charge is 0.342 e. The summed E-state index contributed by atoms with van der Waals surface area (Å²) in [6.07, 6.45) is 1.57. The van der Waals surface area contributed by atoms with Crippen LogP contribution in [0.25, 0.3) is 0 Å². The highest BCUT2D eigenvalue weighted by Crippen LogP contribution is 2.42. The van der Waals surface area contributed by atoms with Crippen molar-refractivity contribution < 1.29 is 19.4 Å². The molecule has 5 nitrogen and oxygen atoms in total. The average Bonchev–Trinajstić information content (AvgIpc) is 3.05. The van der Waals surface area contributed by atoms with Crippen molar-refractivity contribution in [2.24, 2.45) is 0 Å². The van der Waals surface area contributed by atoms with Gasteiger partial charge in [-0.1, -0.05) is 78.4 Å². The zero-order valence-corrected chi connectivity index (χ0v) is 19.3. The number of anilines is 1. The van der Waals surface area contributed by atoms with Crippen LogP contribution < -0.4 is 4.90 Å². The Balaban J connectivity index is 1.77. The lowest BCUT2D eigenvalue weighted by atomic mass is 9.93. The molecule has 0 saturated heterocycles. The van der Waals surface area contributed by atoms with E-state index in [1.807, 2.05) is 79.7 Å². The van der Waals surface area contributed by atoms with Crippen molar-refractivity contribution >= 4 is 17.6 Å². The lowest BCUT2D eigenvalue weighted by Gasteiger charge is -2.20. The Labute approximate surface area is 199 Å². The van der Waals surface area contributed by atoms with E-state index >= 15 is 0 Å². The van der Waals surface area contributed by atoms with Crippen LogP contribution in [-0.2, 0) is 32.9 Å². The number of hydrogen-bond acceptors (Lipinski definition) is 4. The third kappa shape index (κ3) is 4.72. The lowest BCUT2D eigenvalue weighted by Crippen LogP contribution is -2.38. The summed E-state index contributed by atoms with van der Waals surface area (Å²) < 4.78 is 5.20. The normalized spacial score (nSPS) is 16.6. The quantitative estimate of drug-likeness (QED) is 0.322. The van der Waals surface area contributed by atoms with Gasteiger partial charge in [0.05, 0.1) is 24.4 Å². The number of aliphatic hydroxyl groups is 1. The van der Waals surface area contributed by atoms with Gasteiger partial charge in [0.1, 0.15) is 0 Å². The Kier molecular flexibility index (Phi) is 6.78. The number of ether oxygens (including phenoxy) is 1. The van der Waals surface area contributed by atoms with Gasteiger partial charge >= 0.3 is 5.97 Å². The number of amides is 1. The monoisotopic (exact) mass is 453 g/mol. The van der Waals surface area contributed by atoms with Crippen molar-refractivity contribution in [1.82, 2.24) is 0 Å². The van der Waals surface area contributed by atoms with Crippen LogP contribution >= 0.6 is 0 Å². The molecule has 172 valence electrons. The number of nitrogens with zero attached hydrogens (tertiary/aromatic N) is 1. The highest BCUT2D eigenvalue weighted by molar-refractivity contribution is 6.08. The van der Waals surface area contributed by atoms with E-state index in [-0.39, 0.29) is 18.6 Å². The minimum atomic E-state index is -1.94. The Morgan fingerprint density at radius 3 is 2.32 bits per heavy atom. The van der Waals surface area contributed by atoms with Gasteiger partial charge < -0.3 is 14.7 Å². The molecule has 0 spiro atoms. The van der Waals surface area contributed by atoms with Crippen LogP contribution in [0.5, 0.6) is 0 Å². The molecule has 1 aliphatic heterocycles. The fourth-order valence-corrected chi connectivity index (χ4v) is 4.08. The van der Waals surface area contributed by atoms with Crippen molar-refractivity contribution in [2.45, 2.75) is 32.4 Å². The van der Waals surface area contributed by atoms with Crippen LogP contribution in [0.2, 0.25) is 0 Å². The molecule has 0 aromatic heterocycles. The van der Waals surface area contributed by atoms with E-state index in [0.717, 1.165) is 16.7 Å². The van der Waals surface area contributed by atoms with E-state index in [2.05, 4.69) is 5.73 Å². The van der Waals surface area contributed by atoms with Crippen LogP contribution in [0.15, 0.2) is 96.2 Å². The van der Waals surface area contributed by atoms with Crippen molar-refractivity contribution in [3.05, 3.63) is 118 Å². The number of hydrogen-bond donors (Lipinski definition) is 1. The standard InChI is InChI=1S/C29H27NO4/c1-3-34-27(31)24(19-22-10-6-4-7-11-22)16-17-29(33)25-18-21(2)14-15-26(25)30(28(29)32)20-23-12-8-5-9-13-23/h4-15,17-18,33H,3,19-20H2,1-2H3. The first-order valence-corrected chi connectivity index (χ1v) is 11.3. The molecule has 1 N–H and O–H groups in total. The van der Waals surface area contributed by atoms with Crippen LogP contribution in [0.1, 0.15) is 29.2 Å². The largest absolute Gasteiger partial charge is 0.462 e. The van der Waals surface area contributed by atoms with Gasteiger partial charge in [0.15, 0.2) is 5.60 Å². The molecule has 0 radical (unpaired) electrons. The van der Waals surface area contributed by atoms with Gasteiger partial charge in [0.25, 0.3) is 5.91 Å². The van der Waals surface area contributed by atoms with E-state index in [1.165, 1.54) is 6.08 Å². The summed E-state index contributed by atoms with van der Waals surface area (Å²) in [5.41, 5.74) is 5.11. The molecule has 1 aliphatic rings. The zero-order chi connectivity index (χ0) is 24.1. The topological polar surface area (TPSA) is 66.8 Å². The number of carbonyl (C=O) groups excluding carboxylic acids is 2. The van der Waals surface area contributed by atoms with Gasteiger partial charge in [0, 0.05) is 18.1 Å². The Hall–Kier alpha value is -3.92. The summed E-state index contributed by atoms with van der Waals surface area (Å²) in [4.78, 5) is 27.7. The van der Waals surface area contributed by atoms with Gasteiger partial charge in [-0.05, 0) is 31.0 Å². The van der Waals surface area contributed by atoms with Crippen LogP contribution in [0.4, 0.5) is 5.69 Å². The summed E-state index contributed by atoms with van der Waals surface area (Å²) in [7, 11) is 0. The molecule has 0 saturated carbocycles. The van der Waals surface area contributed by atoms with Gasteiger partial charge in [-0.15, -0.1) is 5.73 Å². The minimum Gasteiger partial charge on any atom is -0.462 e. The predicted molar refractivity (Wildman–Crippen MR) is 131 cm³/mol. The van der Waals surface area contributed by atoms with Crippen LogP contribution in [0.3, 0.4) is 0 Å². The van der Waals surface area contributed by atoms with Gasteiger partial charge in [-0.2, -0.15) is 0 Å². The molecule has 1 amide bonds. The predicted octanol–water partition coefficient (Wildman–Crippen LogP) is 4.62. The molecule has 34 heavy (non-hydrogen) atoms. The second-order valence-corrected chi connectivity index (χ2v) is 8.31. The molecule has 1 atom stereocenters. The number of fused-ring (bicyclic) bond motifs is 1. The molecule has 3 aromatic carbocycles. The van der Waals surface area contributed by atoms with E-state index < -0.39 is 17.5 Å². The molecule has 5 heteroatoms. The highest BCUT2D eigenvalue weighted by atomic mass is 16.5. The summed E-state index contributed by atoms with van der Waals surface area (Å²) in [5.74, 6) is -1.00. The van der Waals surface area contributed by atoms with E-state index in [0.29, 0.717) is 17.8 Å². The van der Waals surface area contributed by atoms with E-state index in [9.17, 15) is 14.7 Å². The maximum Gasteiger partial charge on any atom is 0.342 e. The van der Waals surface area contributed by atoms with Crippen molar-refractivity contribution in [1.29, 1.82) is 0 Å². The third-order valence-corrected chi connectivity index (χ3v) is 5.81. The van der Waals surface area contributed by atoms with Crippen molar-refractivity contribution in [3.8, 4) is 0 Å². The van der Waals surface area contributed by atoms with E-state index in [1.54, 1.807) is 17.9 Å². The SMILES string of the molecule is CCOC(=O)C(=C=CC1(O)C(=O)N(Cc2ccccc2)c2ccc(C)cc21)Cc1ccccc1. The van der Waals surface area contributed by atoms with Crippen LogP contribution in [-0.4, -0.2) is 23.6 Å². The minimum absolute atomic E-state index is 0.217. The molecule has 0 fully saturated rings. The first-order chi connectivity index (χ1) is 16.4. The molecule has 0 bridgehead atoms. The molecular formula is C29H27NO4. The summed E-state index contributed by atoms with van der Waals surface area (Å²) in [6.45, 7) is 4.18. The first-order valence-electron chi connectivity index (χ1n) is 11.3. The number of rotatable bonds is 7. The highest BCUT2D eigenvalue weighted by Gasteiger charge is 2.48. The van der Waals surface area contributed by atoms with Crippen molar-refractivity contribution in [3.63, 3.8) is 0 Å². The first kappa shape index (κ1) is 23.2. The lowest BCUT2D eigenvalue weighted by molar-refractivity contribution is -0.138. The fourth-order valence-electron chi connectivity index (χ4n) is 4.08.